The molecule has 1 aliphatic heterocycles. The van der Waals surface area contributed by atoms with Gasteiger partial charge in [0.2, 0.25) is 22.0 Å². The monoisotopic (exact) mass is 489 g/mol. The van der Waals surface area contributed by atoms with Gasteiger partial charge in [-0.1, -0.05) is 12.1 Å². The topological polar surface area (TPSA) is 132 Å². The molecule has 178 valence electrons. The molecule has 0 fully saturated rings. The quantitative estimate of drug-likeness (QED) is 0.499. The summed E-state index contributed by atoms with van der Waals surface area (Å²) in [6, 6.07) is 10.3. The van der Waals surface area contributed by atoms with Gasteiger partial charge in [0.25, 0.3) is 5.91 Å². The maximum Gasteiger partial charge on any atom is 0.573 e. The Balaban J connectivity index is 1.41. The Hall–Kier alpha value is -3.52. The predicted octanol–water partition coefficient (Wildman–Crippen LogP) is 1.24. The fourth-order valence-electron chi connectivity index (χ4n) is 2.63. The van der Waals surface area contributed by atoms with Gasteiger partial charge in [0.05, 0.1) is 4.90 Å². The number of para-hydroxylation sites is 2. The van der Waals surface area contributed by atoms with Crippen LogP contribution in [0.1, 0.15) is 6.42 Å². The molecule has 1 unspecified atom stereocenters. The maximum absolute atomic E-state index is 12.2. The number of fused-ring (bicyclic) bond motifs is 1. The lowest BCUT2D eigenvalue weighted by molar-refractivity contribution is -0.274. The number of amides is 2. The van der Waals surface area contributed by atoms with E-state index in [0.717, 1.165) is 24.3 Å². The summed E-state index contributed by atoms with van der Waals surface area (Å²) in [6.45, 7) is -0.396. The highest BCUT2D eigenvalue weighted by atomic mass is 32.2. The Morgan fingerprint density at radius 3 is 2.36 bits per heavy atom. The lowest BCUT2D eigenvalue weighted by Gasteiger charge is -2.25. The molecule has 1 atom stereocenters. The Bertz CT molecular complexity index is 1110. The van der Waals surface area contributed by atoms with Crippen molar-refractivity contribution in [3.05, 3.63) is 48.5 Å². The van der Waals surface area contributed by atoms with Crippen LogP contribution in [0.15, 0.2) is 53.4 Å². The van der Waals surface area contributed by atoms with Gasteiger partial charge in [0.1, 0.15) is 12.4 Å². The first-order valence-electron chi connectivity index (χ1n) is 9.36. The predicted molar refractivity (Wildman–Crippen MR) is 106 cm³/mol. The second kappa shape index (κ2) is 9.95. The fraction of sp³-hybridized carbons (Fsp3) is 0.263. The number of rotatable bonds is 7. The number of carbonyl (C=O) groups excluding carboxylic acids is 2. The number of carbonyl (C=O) groups is 2. The van der Waals surface area contributed by atoms with E-state index in [1.165, 1.54) is 0 Å². The smallest absolute Gasteiger partial charge is 0.485 e. The van der Waals surface area contributed by atoms with Crippen molar-refractivity contribution in [2.75, 3.05) is 13.2 Å². The molecule has 3 N–H and O–H groups in total. The van der Waals surface area contributed by atoms with Crippen LogP contribution in [-0.2, 0) is 19.6 Å². The molecule has 0 aromatic heterocycles. The van der Waals surface area contributed by atoms with E-state index in [2.05, 4.69) is 20.3 Å². The number of hydrogen-bond acceptors (Lipinski definition) is 7. The summed E-state index contributed by atoms with van der Waals surface area (Å²) in [6.07, 6.45) is -6.23. The fourth-order valence-corrected chi connectivity index (χ4v) is 3.66. The highest BCUT2D eigenvalue weighted by molar-refractivity contribution is 7.89. The summed E-state index contributed by atoms with van der Waals surface area (Å²) in [5.74, 6) is -1.08. The molecule has 33 heavy (non-hydrogen) atoms. The summed E-state index contributed by atoms with van der Waals surface area (Å²) >= 11 is 0. The van der Waals surface area contributed by atoms with Crippen molar-refractivity contribution in [2.24, 2.45) is 0 Å². The molecule has 2 aromatic carbocycles. The molecule has 14 heteroatoms. The van der Waals surface area contributed by atoms with Gasteiger partial charge in [-0.05, 0) is 36.4 Å². The average Bonchev–Trinajstić information content (AvgIpc) is 2.76. The van der Waals surface area contributed by atoms with Crippen molar-refractivity contribution in [1.82, 2.24) is 15.6 Å². The zero-order chi connectivity index (χ0) is 24.1. The molecule has 2 amide bonds. The van der Waals surface area contributed by atoms with Gasteiger partial charge in [-0.2, -0.15) is 0 Å². The first kappa shape index (κ1) is 24.1. The van der Waals surface area contributed by atoms with Crippen LogP contribution >= 0.6 is 0 Å². The number of halogens is 3. The van der Waals surface area contributed by atoms with Crippen molar-refractivity contribution in [2.45, 2.75) is 23.8 Å². The van der Waals surface area contributed by atoms with Gasteiger partial charge in [0, 0.05) is 13.0 Å². The van der Waals surface area contributed by atoms with Crippen molar-refractivity contribution in [1.29, 1.82) is 0 Å². The zero-order valence-corrected chi connectivity index (χ0v) is 17.5. The van der Waals surface area contributed by atoms with Crippen LogP contribution < -0.4 is 29.8 Å². The van der Waals surface area contributed by atoms with Crippen LogP contribution in [0.5, 0.6) is 17.2 Å². The van der Waals surface area contributed by atoms with E-state index in [9.17, 15) is 31.2 Å². The lowest BCUT2D eigenvalue weighted by atomic mass is 10.2. The van der Waals surface area contributed by atoms with Crippen molar-refractivity contribution in [3.8, 4) is 17.2 Å². The van der Waals surface area contributed by atoms with Gasteiger partial charge in [-0.15, -0.1) is 13.2 Å². The third-order valence-corrected chi connectivity index (χ3v) is 5.61. The summed E-state index contributed by atoms with van der Waals surface area (Å²) < 4.78 is 77.5. The molecule has 0 saturated carbocycles. The van der Waals surface area contributed by atoms with Gasteiger partial charge < -0.3 is 14.2 Å². The van der Waals surface area contributed by atoms with E-state index >= 15 is 0 Å². The molecule has 10 nitrogen and oxygen atoms in total. The molecule has 0 saturated heterocycles. The number of sulfonamides is 1. The Morgan fingerprint density at radius 2 is 1.70 bits per heavy atom. The minimum Gasteiger partial charge on any atom is -0.485 e. The van der Waals surface area contributed by atoms with Crippen molar-refractivity contribution in [3.63, 3.8) is 0 Å². The standard InChI is InChI=1S/C19H18F3N3O7S/c20-19(21,22)32-12-5-7-13(8-6-12)33(28,29)23-10-9-17(26)24-25-18(27)16-11-30-14-3-1-2-4-15(14)31-16/h1-8,16,23H,9-11H2,(H,24,26)(H,25,27). The van der Waals surface area contributed by atoms with Crippen LogP contribution in [0.3, 0.4) is 0 Å². The average molecular weight is 489 g/mol. The zero-order valence-electron chi connectivity index (χ0n) is 16.7. The normalized spacial score (nSPS) is 15.4. The van der Waals surface area contributed by atoms with E-state index in [1.807, 2.05) is 0 Å². The van der Waals surface area contributed by atoms with E-state index in [1.54, 1.807) is 24.3 Å². The minimum absolute atomic E-state index is 0.0642. The molecule has 1 heterocycles. The Kier molecular flexibility index (Phi) is 7.28. The summed E-state index contributed by atoms with van der Waals surface area (Å²) in [5, 5.41) is 0. The number of nitrogens with one attached hydrogen (secondary N) is 3. The molecular weight excluding hydrogens is 471 g/mol. The van der Waals surface area contributed by atoms with Crippen LogP contribution in [0, 0.1) is 0 Å². The maximum atomic E-state index is 12.2. The molecule has 0 radical (unpaired) electrons. The third-order valence-electron chi connectivity index (χ3n) is 4.14. The van der Waals surface area contributed by atoms with E-state index < -0.39 is 40.1 Å². The van der Waals surface area contributed by atoms with E-state index in [4.69, 9.17) is 9.47 Å². The van der Waals surface area contributed by atoms with E-state index in [0.29, 0.717) is 11.5 Å². The molecule has 3 rings (SSSR count). The number of alkyl halides is 3. The molecule has 1 aliphatic rings. The Morgan fingerprint density at radius 1 is 1.03 bits per heavy atom. The van der Waals surface area contributed by atoms with Gasteiger partial charge in [-0.3, -0.25) is 20.4 Å². The molecule has 0 aliphatic carbocycles. The van der Waals surface area contributed by atoms with Crippen LogP contribution in [0.25, 0.3) is 0 Å². The number of hydrogen-bond donors (Lipinski definition) is 3. The highest BCUT2D eigenvalue weighted by Gasteiger charge is 2.31. The van der Waals surface area contributed by atoms with Crippen LogP contribution in [-0.4, -0.2) is 45.9 Å². The Labute approximate surface area is 186 Å². The van der Waals surface area contributed by atoms with E-state index in [-0.39, 0.29) is 24.5 Å². The van der Waals surface area contributed by atoms with Crippen LogP contribution in [0.4, 0.5) is 13.2 Å². The first-order valence-corrected chi connectivity index (χ1v) is 10.8. The van der Waals surface area contributed by atoms with Gasteiger partial charge in [0.15, 0.2) is 11.5 Å². The number of hydrazine groups is 1. The lowest BCUT2D eigenvalue weighted by Crippen LogP contribution is -2.51. The molecule has 2 aromatic rings. The van der Waals surface area contributed by atoms with Gasteiger partial charge in [-0.25, -0.2) is 13.1 Å². The summed E-state index contributed by atoms with van der Waals surface area (Å²) in [5.41, 5.74) is 4.29. The molecular formula is C19H18F3N3O7S. The highest BCUT2D eigenvalue weighted by Crippen LogP contribution is 2.30. The largest absolute Gasteiger partial charge is 0.573 e. The van der Waals surface area contributed by atoms with Crippen molar-refractivity contribution >= 4 is 21.8 Å². The molecule has 0 spiro atoms. The summed E-state index contributed by atoms with van der Waals surface area (Å²) in [4.78, 5) is 23.7. The molecule has 0 bridgehead atoms. The number of benzene rings is 2. The first-order chi connectivity index (χ1) is 15.5. The summed E-state index contributed by atoms with van der Waals surface area (Å²) in [7, 11) is -4.08. The SMILES string of the molecule is O=C(CCNS(=O)(=O)c1ccc(OC(F)(F)F)cc1)NNC(=O)C1COc2ccccc2O1. The van der Waals surface area contributed by atoms with Crippen molar-refractivity contribution < 1.29 is 45.4 Å². The third kappa shape index (κ3) is 6.98. The second-order valence-corrected chi connectivity index (χ2v) is 8.34. The second-order valence-electron chi connectivity index (χ2n) is 6.57. The van der Waals surface area contributed by atoms with Crippen LogP contribution in [0.2, 0.25) is 0 Å². The number of ether oxygens (including phenoxy) is 3. The van der Waals surface area contributed by atoms with Gasteiger partial charge >= 0.3 is 6.36 Å². The minimum atomic E-state index is -4.90.